The summed E-state index contributed by atoms with van der Waals surface area (Å²) in [4.78, 5) is 15.0. The van der Waals surface area contributed by atoms with Gasteiger partial charge in [0.25, 0.3) is 0 Å². The number of likely N-dealkylation sites (tertiary alicyclic amines) is 1. The molecule has 2 aromatic rings. The largest absolute Gasteiger partial charge is 0.468 e. The van der Waals surface area contributed by atoms with Crippen molar-refractivity contribution >= 4 is 5.91 Å². The number of nitrogens with zero attached hydrogens (tertiary/aromatic N) is 1. The van der Waals surface area contributed by atoms with Gasteiger partial charge in [-0.05, 0) is 68.1 Å². The number of benzene rings is 1. The van der Waals surface area contributed by atoms with E-state index in [4.69, 9.17) is 4.42 Å². The van der Waals surface area contributed by atoms with E-state index in [1.807, 2.05) is 12.1 Å². The zero-order valence-electron chi connectivity index (χ0n) is 16.1. The van der Waals surface area contributed by atoms with Crippen molar-refractivity contribution in [1.29, 1.82) is 0 Å². The van der Waals surface area contributed by atoms with Crippen molar-refractivity contribution in [3.05, 3.63) is 59.5 Å². The monoisotopic (exact) mass is 406 g/mol. The van der Waals surface area contributed by atoms with Crippen LogP contribution in [0.15, 0.2) is 47.1 Å². The predicted molar refractivity (Wildman–Crippen MR) is 102 cm³/mol. The molecule has 4 nitrogen and oxygen atoms in total. The highest BCUT2D eigenvalue weighted by Crippen LogP contribution is 2.48. The van der Waals surface area contributed by atoms with Crippen LogP contribution in [0.25, 0.3) is 0 Å². The summed E-state index contributed by atoms with van der Waals surface area (Å²) in [5, 5.41) is 3.05. The maximum atomic E-state index is 12.7. The van der Waals surface area contributed by atoms with E-state index in [1.165, 1.54) is 18.6 Å². The Labute approximate surface area is 168 Å². The van der Waals surface area contributed by atoms with Crippen molar-refractivity contribution in [3.8, 4) is 0 Å². The molecule has 1 amide bonds. The molecule has 1 aromatic carbocycles. The number of carbonyl (C=O) groups is 1. The lowest BCUT2D eigenvalue weighted by Crippen LogP contribution is -2.41. The molecule has 2 aliphatic rings. The van der Waals surface area contributed by atoms with Crippen LogP contribution >= 0.6 is 0 Å². The molecular formula is C22H25F3N2O2. The highest BCUT2D eigenvalue weighted by atomic mass is 19.4. The van der Waals surface area contributed by atoms with Gasteiger partial charge >= 0.3 is 6.18 Å². The average molecular weight is 406 g/mol. The number of hydrogen-bond donors (Lipinski definition) is 1. The van der Waals surface area contributed by atoms with E-state index in [-0.39, 0.29) is 23.8 Å². The van der Waals surface area contributed by atoms with Crippen molar-refractivity contribution in [1.82, 2.24) is 10.2 Å². The van der Waals surface area contributed by atoms with Crippen LogP contribution in [0.1, 0.15) is 54.5 Å². The summed E-state index contributed by atoms with van der Waals surface area (Å²) in [6.07, 6.45) is 1.49. The van der Waals surface area contributed by atoms with Crippen LogP contribution in [0.2, 0.25) is 0 Å². The lowest BCUT2D eigenvalue weighted by atomic mass is 10.1. The number of hydrogen-bond acceptors (Lipinski definition) is 3. The third-order valence-electron chi connectivity index (χ3n) is 5.97. The molecule has 1 aliphatic heterocycles. The quantitative estimate of drug-likeness (QED) is 0.753. The first kappa shape index (κ1) is 20.0. The van der Waals surface area contributed by atoms with Gasteiger partial charge in [0.05, 0.1) is 17.9 Å². The van der Waals surface area contributed by atoms with Gasteiger partial charge < -0.3 is 9.73 Å². The van der Waals surface area contributed by atoms with Crippen molar-refractivity contribution < 1.29 is 22.4 Å². The second-order valence-corrected chi connectivity index (χ2v) is 7.94. The molecule has 1 aromatic heterocycles. The summed E-state index contributed by atoms with van der Waals surface area (Å²) >= 11 is 0. The van der Waals surface area contributed by atoms with Crippen LogP contribution < -0.4 is 5.32 Å². The van der Waals surface area contributed by atoms with Gasteiger partial charge in [0.2, 0.25) is 5.91 Å². The van der Waals surface area contributed by atoms with Gasteiger partial charge in [-0.2, -0.15) is 13.2 Å². The summed E-state index contributed by atoms with van der Waals surface area (Å²) < 4.78 is 43.7. The Kier molecular flexibility index (Phi) is 5.67. The number of nitrogens with one attached hydrogen (secondary N) is 1. The maximum Gasteiger partial charge on any atom is 0.416 e. The van der Waals surface area contributed by atoms with Gasteiger partial charge in [0.1, 0.15) is 5.76 Å². The first-order valence-corrected chi connectivity index (χ1v) is 10.2. The SMILES string of the molecule is O=C(NCC(c1ccco1)N1CCCCC1)C1CC1c1ccc(C(F)(F)F)cc1. The molecule has 29 heavy (non-hydrogen) atoms. The molecule has 2 heterocycles. The normalized spacial score (nSPS) is 23.6. The number of furan rings is 1. The summed E-state index contributed by atoms with van der Waals surface area (Å²) in [6.45, 7) is 2.44. The number of amides is 1. The highest BCUT2D eigenvalue weighted by molar-refractivity contribution is 5.82. The van der Waals surface area contributed by atoms with Gasteiger partial charge in [-0.1, -0.05) is 18.6 Å². The van der Waals surface area contributed by atoms with Crippen LogP contribution in [0.3, 0.4) is 0 Å². The third-order valence-corrected chi connectivity index (χ3v) is 5.97. The van der Waals surface area contributed by atoms with Crippen LogP contribution in [0.5, 0.6) is 0 Å². The van der Waals surface area contributed by atoms with Gasteiger partial charge in [-0.15, -0.1) is 0 Å². The molecule has 4 rings (SSSR count). The van der Waals surface area contributed by atoms with Crippen molar-refractivity contribution in [3.63, 3.8) is 0 Å². The summed E-state index contributed by atoms with van der Waals surface area (Å²) in [6, 6.07) is 8.96. The molecule has 2 fully saturated rings. The van der Waals surface area contributed by atoms with Gasteiger partial charge in [-0.25, -0.2) is 0 Å². The minimum atomic E-state index is -4.34. The number of piperidine rings is 1. The molecule has 7 heteroatoms. The van der Waals surface area contributed by atoms with Gasteiger partial charge in [0, 0.05) is 12.5 Å². The molecule has 1 saturated carbocycles. The topological polar surface area (TPSA) is 45.5 Å². The van der Waals surface area contributed by atoms with Crippen molar-refractivity contribution in [2.75, 3.05) is 19.6 Å². The van der Waals surface area contributed by atoms with Crippen molar-refractivity contribution in [2.45, 2.75) is 43.8 Å². The second kappa shape index (κ2) is 8.22. The summed E-state index contributed by atoms with van der Waals surface area (Å²) in [5.74, 6) is 0.630. The molecule has 1 aliphatic carbocycles. The Hall–Kier alpha value is -2.28. The van der Waals surface area contributed by atoms with E-state index < -0.39 is 11.7 Å². The molecule has 3 atom stereocenters. The smallest absolute Gasteiger partial charge is 0.416 e. The third kappa shape index (κ3) is 4.66. The fourth-order valence-electron chi connectivity index (χ4n) is 4.22. The molecule has 3 unspecified atom stereocenters. The number of carbonyl (C=O) groups excluding carboxylic acids is 1. The molecular weight excluding hydrogens is 381 g/mol. The van der Waals surface area contributed by atoms with E-state index in [2.05, 4.69) is 10.2 Å². The molecule has 0 spiro atoms. The minimum absolute atomic E-state index is 0.00525. The van der Waals surface area contributed by atoms with Crippen LogP contribution in [0, 0.1) is 5.92 Å². The molecule has 156 valence electrons. The zero-order chi connectivity index (χ0) is 20.4. The van der Waals surface area contributed by atoms with E-state index >= 15 is 0 Å². The summed E-state index contributed by atoms with van der Waals surface area (Å²) in [7, 11) is 0. The Morgan fingerprint density at radius 3 is 2.48 bits per heavy atom. The molecule has 1 saturated heterocycles. The molecule has 0 bridgehead atoms. The van der Waals surface area contributed by atoms with Crippen LogP contribution in [0.4, 0.5) is 13.2 Å². The average Bonchev–Trinajstić information content (AvgIpc) is 3.35. The first-order valence-electron chi connectivity index (χ1n) is 10.2. The van der Waals surface area contributed by atoms with E-state index in [1.54, 1.807) is 6.26 Å². The predicted octanol–water partition coefficient (Wildman–Crippen LogP) is 4.75. The fraction of sp³-hybridized carbons (Fsp3) is 0.500. The molecule has 0 radical (unpaired) electrons. The zero-order valence-corrected chi connectivity index (χ0v) is 16.1. The Morgan fingerprint density at radius 1 is 1.14 bits per heavy atom. The van der Waals surface area contributed by atoms with Gasteiger partial charge in [0.15, 0.2) is 0 Å². The summed E-state index contributed by atoms with van der Waals surface area (Å²) in [5.41, 5.74) is 0.127. The van der Waals surface area contributed by atoms with Crippen molar-refractivity contribution in [2.24, 2.45) is 5.92 Å². The lowest BCUT2D eigenvalue weighted by molar-refractivity contribution is -0.137. The highest BCUT2D eigenvalue weighted by Gasteiger charge is 2.44. The molecule has 1 N–H and O–H groups in total. The Bertz CT molecular complexity index is 812. The minimum Gasteiger partial charge on any atom is -0.468 e. The Morgan fingerprint density at radius 2 is 1.86 bits per heavy atom. The first-order chi connectivity index (χ1) is 13.9. The number of rotatable bonds is 6. The van der Waals surface area contributed by atoms with E-state index in [0.717, 1.165) is 49.4 Å². The van der Waals surface area contributed by atoms with E-state index in [9.17, 15) is 18.0 Å². The number of halogens is 3. The fourth-order valence-corrected chi connectivity index (χ4v) is 4.22. The van der Waals surface area contributed by atoms with Crippen LogP contribution in [-0.2, 0) is 11.0 Å². The second-order valence-electron chi connectivity index (χ2n) is 7.94. The van der Waals surface area contributed by atoms with Crippen LogP contribution in [-0.4, -0.2) is 30.4 Å². The maximum absolute atomic E-state index is 12.7. The standard InChI is InChI=1S/C22H25F3N2O2/c23-22(24,25)16-8-6-15(7-9-16)17-13-18(17)21(28)26-14-19(20-5-4-12-29-20)27-10-2-1-3-11-27/h4-9,12,17-19H,1-3,10-11,13-14H2,(H,26,28). The van der Waals surface area contributed by atoms with E-state index in [0.29, 0.717) is 13.0 Å². The Balaban J connectivity index is 1.34. The lowest BCUT2D eigenvalue weighted by Gasteiger charge is -2.33. The van der Waals surface area contributed by atoms with Gasteiger partial charge in [-0.3, -0.25) is 9.69 Å². The number of alkyl halides is 3.